The zero-order valence-corrected chi connectivity index (χ0v) is 17.3. The monoisotopic (exact) mass is 398 g/mol. The van der Waals surface area contributed by atoms with Gasteiger partial charge in [0.1, 0.15) is 6.61 Å². The van der Waals surface area contributed by atoms with Crippen LogP contribution in [0.3, 0.4) is 0 Å². The number of hydrogen-bond acceptors (Lipinski definition) is 3. The molecule has 0 radical (unpaired) electrons. The Hall–Kier alpha value is -3.53. The minimum absolute atomic E-state index is 0.0764. The van der Waals surface area contributed by atoms with Crippen LogP contribution in [0.4, 0.5) is 10.5 Å². The van der Waals surface area contributed by atoms with Crippen LogP contribution in [0.15, 0.2) is 78.9 Å². The predicted molar refractivity (Wildman–Crippen MR) is 123 cm³/mol. The van der Waals surface area contributed by atoms with Gasteiger partial charge < -0.3 is 15.0 Å². The Labute approximate surface area is 177 Å². The van der Waals surface area contributed by atoms with Crippen molar-refractivity contribution in [1.82, 2.24) is 5.32 Å². The number of nitrogens with one attached hydrogen (secondary N) is 1. The van der Waals surface area contributed by atoms with E-state index in [1.807, 2.05) is 62.6 Å². The van der Waals surface area contributed by atoms with Gasteiger partial charge in [-0.15, -0.1) is 0 Å². The smallest absolute Gasteiger partial charge is 0.407 e. The van der Waals surface area contributed by atoms with Crippen LogP contribution in [0.5, 0.6) is 0 Å². The maximum Gasteiger partial charge on any atom is 0.407 e. The Bertz CT molecular complexity index is 1030. The Morgan fingerprint density at radius 3 is 2.30 bits per heavy atom. The van der Waals surface area contributed by atoms with Crippen molar-refractivity contribution in [3.8, 4) is 11.1 Å². The highest BCUT2D eigenvalue weighted by molar-refractivity contribution is 5.79. The molecule has 0 spiro atoms. The van der Waals surface area contributed by atoms with Gasteiger partial charge in [-0.25, -0.2) is 4.79 Å². The van der Waals surface area contributed by atoms with Crippen molar-refractivity contribution in [2.45, 2.75) is 5.92 Å². The fraction of sp³-hybridized carbons (Fsp3) is 0.192. The molecule has 0 aromatic heterocycles. The molecule has 1 aliphatic rings. The lowest BCUT2D eigenvalue weighted by Gasteiger charge is -2.14. The summed E-state index contributed by atoms with van der Waals surface area (Å²) in [5.74, 6) is 0.0764. The van der Waals surface area contributed by atoms with Gasteiger partial charge in [0, 0.05) is 32.2 Å². The van der Waals surface area contributed by atoms with Crippen molar-refractivity contribution < 1.29 is 9.53 Å². The molecule has 0 unspecified atom stereocenters. The van der Waals surface area contributed by atoms with Crippen molar-refractivity contribution >= 4 is 17.9 Å². The molecule has 0 bridgehead atoms. The first-order chi connectivity index (χ1) is 14.6. The van der Waals surface area contributed by atoms with Crippen molar-refractivity contribution in [3.05, 3.63) is 95.6 Å². The molecule has 4 nitrogen and oxygen atoms in total. The van der Waals surface area contributed by atoms with Gasteiger partial charge in [-0.05, 0) is 39.9 Å². The van der Waals surface area contributed by atoms with Gasteiger partial charge in [-0.3, -0.25) is 0 Å². The van der Waals surface area contributed by atoms with E-state index in [9.17, 15) is 4.79 Å². The van der Waals surface area contributed by atoms with E-state index in [2.05, 4.69) is 46.6 Å². The third-order valence-electron chi connectivity index (χ3n) is 5.40. The third kappa shape index (κ3) is 4.23. The van der Waals surface area contributed by atoms with Gasteiger partial charge >= 0.3 is 6.09 Å². The molecular weight excluding hydrogens is 372 g/mol. The highest BCUT2D eigenvalue weighted by Gasteiger charge is 2.28. The van der Waals surface area contributed by atoms with E-state index in [4.69, 9.17) is 4.74 Å². The summed E-state index contributed by atoms with van der Waals surface area (Å²) in [7, 11) is 4.03. The zero-order valence-electron chi connectivity index (χ0n) is 17.3. The number of nitrogens with zero attached hydrogens (tertiary/aromatic N) is 1. The molecule has 0 heterocycles. The zero-order chi connectivity index (χ0) is 20.9. The molecule has 152 valence electrons. The summed E-state index contributed by atoms with van der Waals surface area (Å²) in [5.41, 5.74) is 7.12. The van der Waals surface area contributed by atoms with Crippen molar-refractivity contribution in [2.24, 2.45) is 0 Å². The quantitative estimate of drug-likeness (QED) is 0.612. The normalized spacial score (nSPS) is 12.5. The molecule has 3 aromatic rings. The number of carbonyl (C=O) groups is 1. The summed E-state index contributed by atoms with van der Waals surface area (Å²) in [6, 6.07) is 24.9. The molecule has 0 saturated heterocycles. The van der Waals surface area contributed by atoms with Gasteiger partial charge in [0.05, 0.1) is 0 Å². The highest BCUT2D eigenvalue weighted by Crippen LogP contribution is 2.44. The summed E-state index contributed by atoms with van der Waals surface area (Å²) in [6.07, 6.45) is 3.52. The largest absolute Gasteiger partial charge is 0.449 e. The summed E-state index contributed by atoms with van der Waals surface area (Å²) >= 11 is 0. The second-order valence-electron chi connectivity index (χ2n) is 7.60. The minimum Gasteiger partial charge on any atom is -0.449 e. The molecule has 0 fully saturated rings. The molecule has 1 aliphatic carbocycles. The predicted octanol–water partition coefficient (Wildman–Crippen LogP) is 5.30. The van der Waals surface area contributed by atoms with Gasteiger partial charge in [0.25, 0.3) is 0 Å². The van der Waals surface area contributed by atoms with Crippen LogP contribution in [0.25, 0.3) is 17.2 Å². The van der Waals surface area contributed by atoms with Crippen LogP contribution in [-0.4, -0.2) is 33.3 Å². The number of anilines is 1. The number of benzene rings is 3. The summed E-state index contributed by atoms with van der Waals surface area (Å²) in [4.78, 5) is 14.3. The number of fused-ring (bicyclic) bond motifs is 3. The lowest BCUT2D eigenvalue weighted by atomic mass is 9.98. The van der Waals surface area contributed by atoms with Gasteiger partial charge in [0.15, 0.2) is 0 Å². The second kappa shape index (κ2) is 8.87. The number of amides is 1. The SMILES string of the molecule is CN(C)c1cccc(C=CCNC(=O)OCC2c3ccccc3-c3ccccc32)c1. The van der Waals surface area contributed by atoms with Crippen LogP contribution in [0.2, 0.25) is 0 Å². The van der Waals surface area contributed by atoms with E-state index in [0.717, 1.165) is 11.3 Å². The van der Waals surface area contributed by atoms with Crippen molar-refractivity contribution in [2.75, 3.05) is 32.1 Å². The molecule has 4 heteroatoms. The van der Waals surface area contributed by atoms with Crippen LogP contribution in [0, 0.1) is 0 Å². The molecule has 30 heavy (non-hydrogen) atoms. The number of alkyl carbamates (subject to hydrolysis) is 1. The Kier molecular flexibility index (Phi) is 5.84. The number of hydrogen-bond donors (Lipinski definition) is 1. The Morgan fingerprint density at radius 2 is 1.63 bits per heavy atom. The number of carbonyl (C=O) groups excluding carboxylic acids is 1. The molecule has 0 aliphatic heterocycles. The van der Waals surface area contributed by atoms with Gasteiger partial charge in [-0.1, -0.05) is 72.8 Å². The molecule has 1 amide bonds. The maximum absolute atomic E-state index is 12.2. The molecule has 4 rings (SSSR count). The first kappa shape index (κ1) is 19.8. The fourth-order valence-corrected chi connectivity index (χ4v) is 3.89. The van der Waals surface area contributed by atoms with Crippen LogP contribution in [-0.2, 0) is 4.74 Å². The Balaban J connectivity index is 1.32. The van der Waals surface area contributed by atoms with E-state index < -0.39 is 6.09 Å². The van der Waals surface area contributed by atoms with E-state index >= 15 is 0 Å². The summed E-state index contributed by atoms with van der Waals surface area (Å²) in [6.45, 7) is 0.747. The first-order valence-corrected chi connectivity index (χ1v) is 10.2. The minimum atomic E-state index is -0.399. The fourth-order valence-electron chi connectivity index (χ4n) is 3.89. The standard InChI is InChI=1S/C26H26N2O2/c1-28(2)20-11-7-9-19(17-20)10-8-16-27-26(29)30-18-25-23-14-5-3-12-21(23)22-13-4-6-15-24(22)25/h3-15,17,25H,16,18H2,1-2H3,(H,27,29). The topological polar surface area (TPSA) is 41.6 Å². The van der Waals surface area contributed by atoms with Crippen LogP contribution in [0.1, 0.15) is 22.6 Å². The van der Waals surface area contributed by atoms with E-state index in [1.165, 1.54) is 22.3 Å². The van der Waals surface area contributed by atoms with Crippen LogP contribution >= 0.6 is 0 Å². The molecule has 1 N–H and O–H groups in total. The lowest BCUT2D eigenvalue weighted by molar-refractivity contribution is 0.144. The van der Waals surface area contributed by atoms with E-state index in [0.29, 0.717) is 13.2 Å². The van der Waals surface area contributed by atoms with Crippen molar-refractivity contribution in [3.63, 3.8) is 0 Å². The second-order valence-corrected chi connectivity index (χ2v) is 7.60. The molecule has 0 atom stereocenters. The van der Waals surface area contributed by atoms with Gasteiger partial charge in [-0.2, -0.15) is 0 Å². The first-order valence-electron chi connectivity index (χ1n) is 10.2. The third-order valence-corrected chi connectivity index (χ3v) is 5.40. The maximum atomic E-state index is 12.2. The molecule has 0 saturated carbocycles. The molecular formula is C26H26N2O2. The van der Waals surface area contributed by atoms with E-state index in [-0.39, 0.29) is 5.92 Å². The summed E-state index contributed by atoms with van der Waals surface area (Å²) in [5, 5.41) is 2.80. The summed E-state index contributed by atoms with van der Waals surface area (Å²) < 4.78 is 5.55. The highest BCUT2D eigenvalue weighted by atomic mass is 16.5. The van der Waals surface area contributed by atoms with Crippen LogP contribution < -0.4 is 10.2 Å². The number of ether oxygens (including phenoxy) is 1. The Morgan fingerprint density at radius 1 is 0.967 bits per heavy atom. The van der Waals surface area contributed by atoms with Gasteiger partial charge in [0.2, 0.25) is 0 Å². The average Bonchev–Trinajstić information content (AvgIpc) is 3.09. The van der Waals surface area contributed by atoms with Crippen molar-refractivity contribution in [1.29, 1.82) is 0 Å². The average molecular weight is 399 g/mol. The van der Waals surface area contributed by atoms with E-state index in [1.54, 1.807) is 0 Å². The molecule has 3 aromatic carbocycles. The number of rotatable bonds is 6. The lowest BCUT2D eigenvalue weighted by Crippen LogP contribution is -2.26.